The van der Waals surface area contributed by atoms with Crippen LogP contribution in [0.1, 0.15) is 51.0 Å². The van der Waals surface area contributed by atoms with E-state index in [1.807, 2.05) is 24.3 Å². The molecule has 3 atom stereocenters. The Morgan fingerprint density at radius 3 is 2.86 bits per heavy atom. The molecule has 1 amide bonds. The van der Waals surface area contributed by atoms with E-state index in [2.05, 4.69) is 46.3 Å². The molecule has 1 aliphatic heterocycles. The average molecular weight is 410 g/mol. The van der Waals surface area contributed by atoms with Crippen molar-refractivity contribution >= 4 is 33.4 Å². The summed E-state index contributed by atoms with van der Waals surface area (Å²) in [6, 6.07) is 8.22. The predicted octanol–water partition coefficient (Wildman–Crippen LogP) is 3.82. The van der Waals surface area contributed by atoms with Crippen molar-refractivity contribution in [3.63, 3.8) is 0 Å². The van der Waals surface area contributed by atoms with Crippen molar-refractivity contribution in [2.75, 3.05) is 18.0 Å². The molecule has 0 bridgehead atoms. The number of para-hydroxylation sites is 2. The number of H-pyrrole nitrogens is 1. The fraction of sp³-hybridized carbons (Fsp3) is 0.500. The van der Waals surface area contributed by atoms with Crippen LogP contribution in [0.5, 0.6) is 0 Å². The van der Waals surface area contributed by atoms with E-state index in [9.17, 15) is 4.79 Å². The lowest BCUT2D eigenvalue weighted by molar-refractivity contribution is -0.123. The number of hydrogen-bond acceptors (Lipinski definition) is 5. The zero-order chi connectivity index (χ0) is 20.2. The second-order valence-corrected chi connectivity index (χ2v) is 10.1. The first kappa shape index (κ1) is 18.6. The highest BCUT2D eigenvalue weighted by Gasteiger charge is 2.46. The SMILES string of the molecule is CC(C)(C)c1csc(N2CC[C@@H](NC(=O)[C@H]3C[C@@H]3c3nc4ccccc4[nH]3)C2)n1. The zero-order valence-electron chi connectivity index (χ0n) is 17.1. The van der Waals surface area contributed by atoms with E-state index in [1.54, 1.807) is 11.3 Å². The van der Waals surface area contributed by atoms with Crippen LogP contribution in [0, 0.1) is 5.92 Å². The van der Waals surface area contributed by atoms with Crippen LogP contribution in [-0.4, -0.2) is 40.0 Å². The Morgan fingerprint density at radius 1 is 1.28 bits per heavy atom. The molecule has 0 radical (unpaired) electrons. The summed E-state index contributed by atoms with van der Waals surface area (Å²) in [6.45, 7) is 8.34. The third kappa shape index (κ3) is 3.64. The monoisotopic (exact) mass is 409 g/mol. The van der Waals surface area contributed by atoms with E-state index >= 15 is 0 Å². The van der Waals surface area contributed by atoms with Gasteiger partial charge in [-0.05, 0) is 25.0 Å². The van der Waals surface area contributed by atoms with Gasteiger partial charge in [-0.1, -0.05) is 32.9 Å². The molecule has 0 spiro atoms. The summed E-state index contributed by atoms with van der Waals surface area (Å²) in [4.78, 5) is 27.9. The van der Waals surface area contributed by atoms with E-state index in [1.165, 1.54) is 0 Å². The van der Waals surface area contributed by atoms with E-state index in [0.29, 0.717) is 0 Å². The molecule has 1 aromatic carbocycles. The Balaban J connectivity index is 1.18. The first-order valence-electron chi connectivity index (χ1n) is 10.3. The summed E-state index contributed by atoms with van der Waals surface area (Å²) in [7, 11) is 0. The van der Waals surface area contributed by atoms with Crippen LogP contribution in [0.4, 0.5) is 5.13 Å². The molecule has 2 fully saturated rings. The fourth-order valence-electron chi connectivity index (χ4n) is 4.05. The van der Waals surface area contributed by atoms with Crippen molar-refractivity contribution < 1.29 is 4.79 Å². The number of imidazole rings is 1. The molecular formula is C22H27N5OS. The van der Waals surface area contributed by atoms with Crippen LogP contribution in [0.2, 0.25) is 0 Å². The predicted molar refractivity (Wildman–Crippen MR) is 117 cm³/mol. The van der Waals surface area contributed by atoms with E-state index in [-0.39, 0.29) is 29.2 Å². The van der Waals surface area contributed by atoms with Gasteiger partial charge in [-0.25, -0.2) is 9.97 Å². The number of carbonyl (C=O) groups excluding carboxylic acids is 1. The van der Waals surface area contributed by atoms with E-state index < -0.39 is 0 Å². The third-order valence-corrected chi connectivity index (χ3v) is 6.85. The van der Waals surface area contributed by atoms with Crippen LogP contribution in [0.15, 0.2) is 29.6 Å². The first-order valence-corrected chi connectivity index (χ1v) is 11.2. The van der Waals surface area contributed by atoms with E-state index in [0.717, 1.165) is 53.6 Å². The molecule has 152 valence electrons. The highest BCUT2D eigenvalue weighted by molar-refractivity contribution is 7.13. The Hall–Kier alpha value is -2.41. The number of thiazole rings is 1. The first-order chi connectivity index (χ1) is 13.9. The summed E-state index contributed by atoms with van der Waals surface area (Å²) >= 11 is 1.70. The lowest BCUT2D eigenvalue weighted by Crippen LogP contribution is -2.38. The number of nitrogens with zero attached hydrogens (tertiary/aromatic N) is 3. The molecular weight excluding hydrogens is 382 g/mol. The molecule has 1 saturated heterocycles. The van der Waals surface area contributed by atoms with Crippen molar-refractivity contribution in [3.05, 3.63) is 41.2 Å². The van der Waals surface area contributed by atoms with Gasteiger partial charge in [-0.15, -0.1) is 11.3 Å². The normalized spacial score (nSPS) is 24.2. The molecule has 2 N–H and O–H groups in total. The standard InChI is InChI=1S/C22H27N5OS/c1-22(2,3)18-12-29-21(26-18)27-9-8-13(11-27)23-20(28)15-10-14(15)19-24-16-6-4-5-7-17(16)25-19/h4-7,12-15H,8-11H2,1-3H3,(H,23,28)(H,24,25)/t13-,14+,15+/m1/s1. The number of aromatic nitrogens is 3. The second kappa shape index (κ2) is 6.83. The lowest BCUT2D eigenvalue weighted by Gasteiger charge is -2.17. The molecule has 0 unspecified atom stereocenters. The summed E-state index contributed by atoms with van der Waals surface area (Å²) in [6.07, 6.45) is 1.85. The molecule has 1 saturated carbocycles. The summed E-state index contributed by atoms with van der Waals surface area (Å²) in [5.41, 5.74) is 3.22. The van der Waals surface area contributed by atoms with Crippen LogP contribution < -0.4 is 10.2 Å². The summed E-state index contributed by atoms with van der Waals surface area (Å²) < 4.78 is 0. The topological polar surface area (TPSA) is 73.9 Å². The highest BCUT2D eigenvalue weighted by Crippen LogP contribution is 2.47. The largest absolute Gasteiger partial charge is 0.351 e. The van der Waals surface area contributed by atoms with Crippen LogP contribution >= 0.6 is 11.3 Å². The fourth-order valence-corrected chi connectivity index (χ4v) is 5.14. The maximum atomic E-state index is 12.8. The minimum absolute atomic E-state index is 0.0389. The molecule has 2 aromatic heterocycles. The van der Waals surface area contributed by atoms with Gasteiger partial charge < -0.3 is 15.2 Å². The lowest BCUT2D eigenvalue weighted by atomic mass is 9.93. The maximum absolute atomic E-state index is 12.8. The second-order valence-electron chi connectivity index (χ2n) is 9.29. The van der Waals surface area contributed by atoms with Crippen molar-refractivity contribution in [3.8, 4) is 0 Å². The van der Waals surface area contributed by atoms with Gasteiger partial charge >= 0.3 is 0 Å². The molecule has 29 heavy (non-hydrogen) atoms. The van der Waals surface area contributed by atoms with Gasteiger partial charge in [0, 0.05) is 41.8 Å². The quantitative estimate of drug-likeness (QED) is 0.687. The average Bonchev–Trinajstić information content (AvgIpc) is 3.06. The Labute approximate surface area is 174 Å². The number of aromatic amines is 1. The number of nitrogens with one attached hydrogen (secondary N) is 2. The van der Waals surface area contributed by atoms with Crippen molar-refractivity contribution in [2.24, 2.45) is 5.92 Å². The van der Waals surface area contributed by atoms with Gasteiger partial charge in [0.05, 0.1) is 16.7 Å². The van der Waals surface area contributed by atoms with Gasteiger partial charge in [0.1, 0.15) is 5.82 Å². The van der Waals surface area contributed by atoms with Crippen LogP contribution in [0.25, 0.3) is 11.0 Å². The minimum Gasteiger partial charge on any atom is -0.351 e. The Bertz CT molecular complexity index is 1020. The number of carbonyl (C=O) groups is 1. The number of hydrogen-bond donors (Lipinski definition) is 2. The molecule has 3 heterocycles. The van der Waals surface area contributed by atoms with Gasteiger partial charge in [-0.3, -0.25) is 4.79 Å². The van der Waals surface area contributed by atoms with Crippen molar-refractivity contribution in [2.45, 2.75) is 51.0 Å². The van der Waals surface area contributed by atoms with Gasteiger partial charge in [0.2, 0.25) is 5.91 Å². The molecule has 2 aliphatic rings. The zero-order valence-corrected chi connectivity index (χ0v) is 17.9. The summed E-state index contributed by atoms with van der Waals surface area (Å²) in [5.74, 6) is 1.36. The molecule has 1 aliphatic carbocycles. The smallest absolute Gasteiger partial charge is 0.224 e. The number of fused-ring (bicyclic) bond motifs is 1. The van der Waals surface area contributed by atoms with Gasteiger partial charge in [0.25, 0.3) is 0 Å². The van der Waals surface area contributed by atoms with Gasteiger partial charge in [0.15, 0.2) is 5.13 Å². The maximum Gasteiger partial charge on any atom is 0.224 e. The number of rotatable bonds is 4. The molecule has 7 heteroatoms. The molecule has 3 aromatic rings. The summed E-state index contributed by atoms with van der Waals surface area (Å²) in [5, 5.41) is 6.49. The Morgan fingerprint density at radius 2 is 2.10 bits per heavy atom. The number of amides is 1. The number of anilines is 1. The Kier molecular flexibility index (Phi) is 4.38. The van der Waals surface area contributed by atoms with Crippen LogP contribution in [0.3, 0.4) is 0 Å². The molecule has 5 rings (SSSR count). The highest BCUT2D eigenvalue weighted by atomic mass is 32.1. The van der Waals surface area contributed by atoms with Gasteiger partial charge in [-0.2, -0.15) is 0 Å². The molecule has 6 nitrogen and oxygen atoms in total. The number of benzene rings is 1. The minimum atomic E-state index is 0.0389. The van der Waals surface area contributed by atoms with Crippen molar-refractivity contribution in [1.29, 1.82) is 0 Å². The van der Waals surface area contributed by atoms with Crippen molar-refractivity contribution in [1.82, 2.24) is 20.3 Å². The third-order valence-electron chi connectivity index (χ3n) is 5.95. The van der Waals surface area contributed by atoms with E-state index in [4.69, 9.17) is 4.98 Å². The van der Waals surface area contributed by atoms with Crippen LogP contribution in [-0.2, 0) is 10.2 Å².